The molecule has 1 aromatic heterocycles. The molecule has 0 aromatic carbocycles. The molecule has 0 fully saturated rings. The van der Waals surface area contributed by atoms with Gasteiger partial charge < -0.3 is 4.74 Å². The van der Waals surface area contributed by atoms with Crippen LogP contribution in [0.3, 0.4) is 0 Å². The molecule has 1 heterocycles. The Labute approximate surface area is 119 Å². The summed E-state index contributed by atoms with van der Waals surface area (Å²) in [5, 5.41) is 0. The van der Waals surface area contributed by atoms with Crippen molar-refractivity contribution >= 4 is 23.1 Å². The lowest BCUT2D eigenvalue weighted by molar-refractivity contribution is -0.140. The summed E-state index contributed by atoms with van der Waals surface area (Å²) < 4.78 is 4.60. The van der Waals surface area contributed by atoms with E-state index in [0.717, 1.165) is 37.0 Å². The summed E-state index contributed by atoms with van der Waals surface area (Å²) in [5.41, 5.74) is 0. The Hall–Kier alpha value is -1.16. The fourth-order valence-electron chi connectivity index (χ4n) is 1.83. The van der Waals surface area contributed by atoms with E-state index in [0.29, 0.717) is 12.8 Å². The zero-order valence-corrected chi connectivity index (χ0v) is 12.6. The maximum Gasteiger partial charge on any atom is 0.305 e. The fourth-order valence-corrected chi connectivity index (χ4v) is 2.85. The van der Waals surface area contributed by atoms with Gasteiger partial charge in [0, 0.05) is 17.7 Å². The summed E-state index contributed by atoms with van der Waals surface area (Å²) in [4.78, 5) is 24.9. The maximum absolute atomic E-state index is 11.9. The van der Waals surface area contributed by atoms with E-state index in [-0.39, 0.29) is 11.8 Å². The number of methoxy groups -OCH3 is 1. The number of ether oxygens (including phenoxy) is 1. The van der Waals surface area contributed by atoms with Crippen LogP contribution in [0.15, 0.2) is 12.1 Å². The number of thiophene rings is 1. The van der Waals surface area contributed by atoms with E-state index >= 15 is 0 Å². The van der Waals surface area contributed by atoms with Crippen LogP contribution in [-0.4, -0.2) is 18.9 Å². The minimum atomic E-state index is -0.174. The van der Waals surface area contributed by atoms with Crippen molar-refractivity contribution in [2.75, 3.05) is 7.11 Å². The average Bonchev–Trinajstić information content (AvgIpc) is 2.87. The second kappa shape index (κ2) is 8.86. The molecule has 0 atom stereocenters. The number of hydrogen-bond acceptors (Lipinski definition) is 4. The lowest BCUT2D eigenvalue weighted by Crippen LogP contribution is -1.99. The average molecular weight is 282 g/mol. The van der Waals surface area contributed by atoms with Crippen LogP contribution in [0.1, 0.15) is 60.0 Å². The van der Waals surface area contributed by atoms with E-state index in [1.54, 1.807) is 11.3 Å². The van der Waals surface area contributed by atoms with Crippen molar-refractivity contribution in [1.82, 2.24) is 0 Å². The van der Waals surface area contributed by atoms with Crippen molar-refractivity contribution in [3.05, 3.63) is 21.9 Å². The zero-order valence-electron chi connectivity index (χ0n) is 11.7. The number of esters is 1. The first-order valence-corrected chi connectivity index (χ1v) is 7.67. The Morgan fingerprint density at radius 2 is 1.95 bits per heavy atom. The Balaban J connectivity index is 2.35. The Kier molecular flexibility index (Phi) is 7.41. The third-order valence-electron chi connectivity index (χ3n) is 2.98. The predicted molar refractivity (Wildman–Crippen MR) is 77.7 cm³/mol. The monoisotopic (exact) mass is 282 g/mol. The van der Waals surface area contributed by atoms with E-state index in [2.05, 4.69) is 11.7 Å². The summed E-state index contributed by atoms with van der Waals surface area (Å²) in [5.74, 6) is 0.0742. The number of carbonyl (C=O) groups excluding carboxylic acids is 2. The van der Waals surface area contributed by atoms with E-state index in [9.17, 15) is 9.59 Å². The summed E-state index contributed by atoms with van der Waals surface area (Å²) in [6, 6.07) is 3.90. The molecule has 1 aromatic rings. The standard InChI is InChI=1S/C15H22O3S/c1-3-4-5-8-13(16)14-11-10-12(19-14)7-6-9-15(17)18-2/h10-11H,3-9H2,1-2H3. The van der Waals surface area contributed by atoms with E-state index < -0.39 is 0 Å². The van der Waals surface area contributed by atoms with Gasteiger partial charge in [-0.15, -0.1) is 11.3 Å². The van der Waals surface area contributed by atoms with E-state index in [1.807, 2.05) is 12.1 Å². The quantitative estimate of drug-likeness (QED) is 0.390. The van der Waals surface area contributed by atoms with Gasteiger partial charge in [0.15, 0.2) is 5.78 Å². The van der Waals surface area contributed by atoms with Crippen LogP contribution in [0.4, 0.5) is 0 Å². The first-order chi connectivity index (χ1) is 9.17. The predicted octanol–water partition coefficient (Wildman–Crippen LogP) is 4.01. The molecular weight excluding hydrogens is 260 g/mol. The number of unbranched alkanes of at least 4 members (excludes halogenated alkanes) is 2. The van der Waals surface area contributed by atoms with Gasteiger partial charge >= 0.3 is 5.97 Å². The van der Waals surface area contributed by atoms with Crippen LogP contribution in [-0.2, 0) is 16.0 Å². The highest BCUT2D eigenvalue weighted by atomic mass is 32.1. The summed E-state index contributed by atoms with van der Waals surface area (Å²) in [6.07, 6.45) is 5.92. The molecule has 0 N–H and O–H groups in total. The highest BCUT2D eigenvalue weighted by molar-refractivity contribution is 7.14. The van der Waals surface area contributed by atoms with Gasteiger partial charge in [-0.1, -0.05) is 19.8 Å². The van der Waals surface area contributed by atoms with Crippen LogP contribution in [0, 0.1) is 0 Å². The molecule has 19 heavy (non-hydrogen) atoms. The van der Waals surface area contributed by atoms with Crippen molar-refractivity contribution in [1.29, 1.82) is 0 Å². The SMILES string of the molecule is CCCCCC(=O)c1ccc(CCCC(=O)OC)s1. The second-order valence-corrected chi connectivity index (χ2v) is 5.74. The van der Waals surface area contributed by atoms with Crippen LogP contribution >= 0.6 is 11.3 Å². The molecule has 0 aliphatic carbocycles. The number of carbonyl (C=O) groups is 2. The molecule has 106 valence electrons. The summed E-state index contributed by atoms with van der Waals surface area (Å²) in [6.45, 7) is 2.13. The Morgan fingerprint density at radius 3 is 2.63 bits per heavy atom. The Morgan fingerprint density at radius 1 is 1.16 bits per heavy atom. The first kappa shape index (κ1) is 15.9. The van der Waals surface area contributed by atoms with Gasteiger partial charge in [0.05, 0.1) is 12.0 Å². The third-order valence-corrected chi connectivity index (χ3v) is 4.16. The van der Waals surface area contributed by atoms with Gasteiger partial charge in [0.25, 0.3) is 0 Å². The molecule has 0 aliphatic rings. The van der Waals surface area contributed by atoms with Crippen LogP contribution in [0.25, 0.3) is 0 Å². The molecule has 0 amide bonds. The first-order valence-electron chi connectivity index (χ1n) is 6.86. The van der Waals surface area contributed by atoms with Gasteiger partial charge in [-0.3, -0.25) is 9.59 Å². The van der Waals surface area contributed by atoms with E-state index in [4.69, 9.17) is 0 Å². The molecule has 0 bridgehead atoms. The van der Waals surface area contributed by atoms with Gasteiger partial charge in [0.2, 0.25) is 0 Å². The topological polar surface area (TPSA) is 43.4 Å². The minimum absolute atomic E-state index is 0.174. The molecule has 0 radical (unpaired) electrons. The minimum Gasteiger partial charge on any atom is -0.469 e. The third kappa shape index (κ3) is 6.01. The molecule has 1 rings (SSSR count). The van der Waals surface area contributed by atoms with Crippen molar-refractivity contribution in [2.24, 2.45) is 0 Å². The van der Waals surface area contributed by atoms with Crippen molar-refractivity contribution in [2.45, 2.75) is 51.9 Å². The maximum atomic E-state index is 11.9. The molecule has 0 saturated heterocycles. The molecular formula is C15H22O3S. The molecule has 0 saturated carbocycles. The van der Waals surface area contributed by atoms with E-state index in [1.165, 1.54) is 12.0 Å². The van der Waals surface area contributed by atoms with Crippen LogP contribution < -0.4 is 0 Å². The smallest absolute Gasteiger partial charge is 0.305 e. The Bertz CT molecular complexity index is 409. The molecule has 0 spiro atoms. The van der Waals surface area contributed by atoms with Gasteiger partial charge in [0.1, 0.15) is 0 Å². The lowest BCUT2D eigenvalue weighted by atomic mass is 10.1. The van der Waals surface area contributed by atoms with Gasteiger partial charge in [-0.2, -0.15) is 0 Å². The highest BCUT2D eigenvalue weighted by Gasteiger charge is 2.09. The number of hydrogen-bond donors (Lipinski definition) is 0. The zero-order chi connectivity index (χ0) is 14.1. The molecule has 0 aliphatic heterocycles. The second-order valence-electron chi connectivity index (χ2n) is 4.58. The van der Waals surface area contributed by atoms with Crippen molar-refractivity contribution in [3.63, 3.8) is 0 Å². The van der Waals surface area contributed by atoms with Crippen molar-refractivity contribution in [3.8, 4) is 0 Å². The number of aryl methyl sites for hydroxylation is 1. The van der Waals surface area contributed by atoms with Crippen molar-refractivity contribution < 1.29 is 14.3 Å². The van der Waals surface area contributed by atoms with Gasteiger partial charge in [-0.05, 0) is 31.4 Å². The van der Waals surface area contributed by atoms with Crippen LogP contribution in [0.2, 0.25) is 0 Å². The fraction of sp³-hybridized carbons (Fsp3) is 0.600. The summed E-state index contributed by atoms with van der Waals surface area (Å²) >= 11 is 1.56. The largest absolute Gasteiger partial charge is 0.469 e. The molecule has 4 heteroatoms. The highest BCUT2D eigenvalue weighted by Crippen LogP contribution is 2.21. The van der Waals surface area contributed by atoms with Crippen LogP contribution in [0.5, 0.6) is 0 Å². The number of rotatable bonds is 9. The lowest BCUT2D eigenvalue weighted by Gasteiger charge is -1.98. The number of Topliss-reactive ketones (excluding diaryl/α,β-unsaturated/α-hetero) is 1. The summed E-state index contributed by atoms with van der Waals surface area (Å²) in [7, 11) is 1.40. The van der Waals surface area contributed by atoms with Gasteiger partial charge in [-0.25, -0.2) is 0 Å². The normalized spacial score (nSPS) is 10.4. The molecule has 3 nitrogen and oxygen atoms in total. The number of ketones is 1. The molecule has 0 unspecified atom stereocenters.